The van der Waals surface area contributed by atoms with Crippen molar-refractivity contribution in [3.8, 4) is 5.69 Å². The maximum absolute atomic E-state index is 11.9. The highest BCUT2D eigenvalue weighted by atomic mass is 16.5. The molecule has 0 radical (unpaired) electrons. The molecule has 0 fully saturated rings. The molecule has 0 atom stereocenters. The van der Waals surface area contributed by atoms with Crippen LogP contribution in [0.15, 0.2) is 47.2 Å². The second kappa shape index (κ2) is 4.96. The second-order valence-corrected chi connectivity index (χ2v) is 4.15. The Morgan fingerprint density at radius 1 is 1.20 bits per heavy atom. The largest absolute Gasteiger partial charge is 0.351 e. The molecule has 7 heteroatoms. The fraction of sp³-hybridized carbons (Fsp3) is 0.0769. The summed E-state index contributed by atoms with van der Waals surface area (Å²) in [4.78, 5) is 13.4. The average molecular weight is 269 g/mol. The van der Waals surface area contributed by atoms with Gasteiger partial charge in [-0.15, -0.1) is 0 Å². The van der Waals surface area contributed by atoms with Gasteiger partial charge in [-0.2, -0.15) is 15.0 Å². The van der Waals surface area contributed by atoms with Crippen LogP contribution in [0.25, 0.3) is 5.69 Å². The molecule has 0 bridgehead atoms. The van der Waals surface area contributed by atoms with Crippen molar-refractivity contribution in [1.82, 2.24) is 20.2 Å². The Morgan fingerprint density at radius 3 is 2.50 bits per heavy atom. The van der Waals surface area contributed by atoms with E-state index >= 15 is 0 Å². The van der Waals surface area contributed by atoms with Crippen LogP contribution in [0.5, 0.6) is 0 Å². The molecule has 2 heterocycles. The lowest BCUT2D eigenvalue weighted by molar-refractivity contribution is 0.0988. The summed E-state index contributed by atoms with van der Waals surface area (Å²) in [7, 11) is 0. The molecule has 0 saturated heterocycles. The van der Waals surface area contributed by atoms with E-state index in [9.17, 15) is 4.79 Å². The maximum atomic E-state index is 11.9. The Balaban J connectivity index is 1.74. The molecule has 0 spiro atoms. The summed E-state index contributed by atoms with van der Waals surface area (Å²) in [5.41, 5.74) is 2.12. The molecule has 0 unspecified atom stereocenters. The Kier molecular flexibility index (Phi) is 3.00. The first-order valence-electron chi connectivity index (χ1n) is 5.94. The molecule has 0 saturated carbocycles. The zero-order valence-corrected chi connectivity index (χ0v) is 10.6. The predicted molar refractivity (Wildman–Crippen MR) is 70.6 cm³/mol. The minimum atomic E-state index is -0.337. The first-order chi connectivity index (χ1) is 9.72. The van der Waals surface area contributed by atoms with Gasteiger partial charge < -0.3 is 9.84 Å². The molecule has 3 rings (SSSR count). The van der Waals surface area contributed by atoms with Crippen molar-refractivity contribution in [2.45, 2.75) is 6.92 Å². The van der Waals surface area contributed by atoms with E-state index in [-0.39, 0.29) is 11.7 Å². The lowest BCUT2D eigenvalue weighted by Gasteiger charge is -2.04. The lowest BCUT2D eigenvalue weighted by atomic mass is 10.2. The SMILES string of the molecule is Cc1cc(C(=O)Nc2ccc(-n3nccn3)cc2)on1. The van der Waals surface area contributed by atoms with Crippen LogP contribution in [-0.4, -0.2) is 26.1 Å². The summed E-state index contributed by atoms with van der Waals surface area (Å²) in [6.07, 6.45) is 3.20. The van der Waals surface area contributed by atoms with Crippen molar-refractivity contribution in [3.05, 3.63) is 54.2 Å². The molecule has 20 heavy (non-hydrogen) atoms. The Hall–Kier alpha value is -2.96. The fourth-order valence-electron chi connectivity index (χ4n) is 1.69. The summed E-state index contributed by atoms with van der Waals surface area (Å²) in [6, 6.07) is 8.72. The highest BCUT2D eigenvalue weighted by Crippen LogP contribution is 2.13. The number of carbonyl (C=O) groups excluding carboxylic acids is 1. The first-order valence-corrected chi connectivity index (χ1v) is 5.94. The van der Waals surface area contributed by atoms with Crippen LogP contribution >= 0.6 is 0 Å². The standard InChI is InChI=1S/C13H11N5O2/c1-9-8-12(20-17-9)13(19)16-10-2-4-11(5-3-10)18-14-6-7-15-18/h2-8H,1H3,(H,16,19). The van der Waals surface area contributed by atoms with E-state index in [1.807, 2.05) is 0 Å². The Labute approximate surface area is 114 Å². The van der Waals surface area contributed by atoms with Gasteiger partial charge in [0.05, 0.1) is 23.8 Å². The third-order valence-electron chi connectivity index (χ3n) is 2.63. The monoisotopic (exact) mass is 269 g/mol. The average Bonchev–Trinajstić information content (AvgIpc) is 3.10. The Morgan fingerprint density at radius 2 is 1.90 bits per heavy atom. The van der Waals surface area contributed by atoms with E-state index in [0.717, 1.165) is 5.69 Å². The zero-order valence-electron chi connectivity index (χ0n) is 10.6. The molecular formula is C13H11N5O2. The highest BCUT2D eigenvalue weighted by molar-refractivity contribution is 6.02. The quantitative estimate of drug-likeness (QED) is 0.783. The van der Waals surface area contributed by atoms with Crippen molar-refractivity contribution in [2.24, 2.45) is 0 Å². The highest BCUT2D eigenvalue weighted by Gasteiger charge is 2.11. The topological polar surface area (TPSA) is 85.8 Å². The van der Waals surface area contributed by atoms with Crippen LogP contribution in [0.3, 0.4) is 0 Å². The normalized spacial score (nSPS) is 10.4. The van der Waals surface area contributed by atoms with Gasteiger partial charge in [0.2, 0.25) is 5.76 Å². The molecule has 1 amide bonds. The number of hydrogen-bond acceptors (Lipinski definition) is 5. The van der Waals surface area contributed by atoms with Gasteiger partial charge in [-0.25, -0.2) is 0 Å². The van der Waals surface area contributed by atoms with Gasteiger partial charge in [0.1, 0.15) is 0 Å². The zero-order chi connectivity index (χ0) is 13.9. The van der Waals surface area contributed by atoms with Gasteiger partial charge in [-0.3, -0.25) is 4.79 Å². The molecule has 7 nitrogen and oxygen atoms in total. The van der Waals surface area contributed by atoms with Gasteiger partial charge in [0.25, 0.3) is 5.91 Å². The number of nitrogens with one attached hydrogen (secondary N) is 1. The van der Waals surface area contributed by atoms with Gasteiger partial charge in [0.15, 0.2) is 0 Å². The Bertz CT molecular complexity index is 716. The first kappa shape index (κ1) is 12.1. The van der Waals surface area contributed by atoms with Crippen molar-refractivity contribution >= 4 is 11.6 Å². The third kappa shape index (κ3) is 2.41. The third-order valence-corrected chi connectivity index (χ3v) is 2.63. The van der Waals surface area contributed by atoms with E-state index in [0.29, 0.717) is 11.4 Å². The summed E-state index contributed by atoms with van der Waals surface area (Å²) in [5.74, 6) is -0.157. The van der Waals surface area contributed by atoms with Crippen molar-refractivity contribution in [1.29, 1.82) is 0 Å². The van der Waals surface area contributed by atoms with E-state index in [4.69, 9.17) is 4.52 Å². The molecule has 0 aliphatic rings. The van der Waals surface area contributed by atoms with E-state index < -0.39 is 0 Å². The van der Waals surface area contributed by atoms with Crippen LogP contribution in [0.4, 0.5) is 5.69 Å². The molecule has 2 aromatic heterocycles. The van der Waals surface area contributed by atoms with Crippen LogP contribution in [-0.2, 0) is 0 Å². The molecule has 0 aliphatic heterocycles. The number of aromatic nitrogens is 4. The number of nitrogens with zero attached hydrogens (tertiary/aromatic N) is 4. The number of rotatable bonds is 3. The number of carbonyl (C=O) groups is 1. The van der Waals surface area contributed by atoms with Crippen molar-refractivity contribution < 1.29 is 9.32 Å². The van der Waals surface area contributed by atoms with Crippen LogP contribution in [0, 0.1) is 6.92 Å². The van der Waals surface area contributed by atoms with Crippen molar-refractivity contribution in [3.63, 3.8) is 0 Å². The van der Waals surface area contributed by atoms with E-state index in [1.165, 1.54) is 4.80 Å². The van der Waals surface area contributed by atoms with E-state index in [2.05, 4.69) is 20.7 Å². The smallest absolute Gasteiger partial charge is 0.294 e. The van der Waals surface area contributed by atoms with Crippen LogP contribution in [0.2, 0.25) is 0 Å². The second-order valence-electron chi connectivity index (χ2n) is 4.15. The number of anilines is 1. The van der Waals surface area contributed by atoms with Gasteiger partial charge >= 0.3 is 0 Å². The lowest BCUT2D eigenvalue weighted by Crippen LogP contribution is -2.11. The molecular weight excluding hydrogens is 258 g/mol. The van der Waals surface area contributed by atoms with Crippen LogP contribution < -0.4 is 5.32 Å². The number of aryl methyl sites for hydroxylation is 1. The molecule has 1 N–H and O–H groups in total. The summed E-state index contributed by atoms with van der Waals surface area (Å²) in [5, 5.41) is 14.4. The number of amides is 1. The molecule has 1 aromatic carbocycles. The molecule has 0 aliphatic carbocycles. The number of benzene rings is 1. The number of hydrogen-bond donors (Lipinski definition) is 1. The fourth-order valence-corrected chi connectivity index (χ4v) is 1.69. The minimum Gasteiger partial charge on any atom is -0.351 e. The molecule has 3 aromatic rings. The predicted octanol–water partition coefficient (Wildman–Crippen LogP) is 1.82. The van der Waals surface area contributed by atoms with Crippen LogP contribution in [0.1, 0.15) is 16.2 Å². The minimum absolute atomic E-state index is 0.181. The summed E-state index contributed by atoms with van der Waals surface area (Å²) >= 11 is 0. The summed E-state index contributed by atoms with van der Waals surface area (Å²) in [6.45, 7) is 1.76. The maximum Gasteiger partial charge on any atom is 0.294 e. The summed E-state index contributed by atoms with van der Waals surface area (Å²) < 4.78 is 4.89. The van der Waals surface area contributed by atoms with Crippen molar-refractivity contribution in [2.75, 3.05) is 5.32 Å². The van der Waals surface area contributed by atoms with E-state index in [1.54, 1.807) is 49.6 Å². The van der Waals surface area contributed by atoms with Gasteiger partial charge in [-0.05, 0) is 31.2 Å². The van der Waals surface area contributed by atoms with Gasteiger partial charge in [-0.1, -0.05) is 5.16 Å². The van der Waals surface area contributed by atoms with Gasteiger partial charge in [0, 0.05) is 11.8 Å². The molecule has 100 valence electrons.